The van der Waals surface area contributed by atoms with Gasteiger partial charge in [-0.05, 0) is 49.4 Å². The molecule has 0 aliphatic carbocycles. The summed E-state index contributed by atoms with van der Waals surface area (Å²) in [5.41, 5.74) is 1.67. The summed E-state index contributed by atoms with van der Waals surface area (Å²) >= 11 is 0. The molecule has 0 aliphatic heterocycles. The van der Waals surface area contributed by atoms with Crippen molar-refractivity contribution in [2.24, 2.45) is 0 Å². The molecule has 6 nitrogen and oxygen atoms in total. The summed E-state index contributed by atoms with van der Waals surface area (Å²) in [6, 6.07) is 21.6. The molecule has 2 N–H and O–H groups in total. The monoisotopic (exact) mass is 410 g/mol. The Labute approximate surface area is 170 Å². The maximum absolute atomic E-state index is 12.6. The predicted molar refractivity (Wildman–Crippen MR) is 113 cm³/mol. The second kappa shape index (κ2) is 8.79. The van der Waals surface area contributed by atoms with E-state index in [1.54, 1.807) is 49.6 Å². The van der Waals surface area contributed by atoms with Gasteiger partial charge in [0.05, 0.1) is 18.0 Å². The fourth-order valence-electron chi connectivity index (χ4n) is 2.89. The quantitative estimate of drug-likeness (QED) is 0.617. The van der Waals surface area contributed by atoms with Crippen LogP contribution < -0.4 is 14.8 Å². The number of carbonyl (C=O) groups excluding carboxylic acids is 1. The highest BCUT2D eigenvalue weighted by Gasteiger charge is 2.16. The highest BCUT2D eigenvalue weighted by atomic mass is 32.2. The number of sulfonamides is 1. The van der Waals surface area contributed by atoms with Crippen LogP contribution in [0, 0.1) is 0 Å². The average molecular weight is 410 g/mol. The number of nitrogens with one attached hydrogen (secondary N) is 2. The van der Waals surface area contributed by atoms with E-state index in [0.717, 1.165) is 5.56 Å². The van der Waals surface area contributed by atoms with Crippen LogP contribution in [-0.4, -0.2) is 21.4 Å². The van der Waals surface area contributed by atoms with E-state index in [-0.39, 0.29) is 16.8 Å². The number of anilines is 1. The molecule has 29 heavy (non-hydrogen) atoms. The van der Waals surface area contributed by atoms with Gasteiger partial charge in [0.25, 0.3) is 15.9 Å². The van der Waals surface area contributed by atoms with Gasteiger partial charge in [-0.2, -0.15) is 0 Å². The Kier molecular flexibility index (Phi) is 6.19. The van der Waals surface area contributed by atoms with Crippen molar-refractivity contribution in [3.8, 4) is 5.75 Å². The number of rotatable bonds is 7. The van der Waals surface area contributed by atoms with Crippen molar-refractivity contribution in [1.29, 1.82) is 0 Å². The third-order valence-electron chi connectivity index (χ3n) is 4.41. The van der Waals surface area contributed by atoms with Gasteiger partial charge in [-0.15, -0.1) is 0 Å². The third-order valence-corrected chi connectivity index (χ3v) is 5.80. The van der Waals surface area contributed by atoms with Crippen LogP contribution in [0.1, 0.15) is 28.9 Å². The van der Waals surface area contributed by atoms with Crippen LogP contribution >= 0.6 is 0 Å². The van der Waals surface area contributed by atoms with E-state index in [1.165, 1.54) is 12.1 Å². The van der Waals surface area contributed by atoms with E-state index in [1.807, 2.05) is 31.2 Å². The Hall–Kier alpha value is -3.32. The second-order valence-corrected chi connectivity index (χ2v) is 8.12. The molecular formula is C22H22N2O4S. The molecule has 3 aromatic rings. The smallest absolute Gasteiger partial charge is 0.261 e. The van der Waals surface area contributed by atoms with E-state index in [9.17, 15) is 13.2 Å². The maximum atomic E-state index is 12.6. The predicted octanol–water partition coefficient (Wildman–Crippen LogP) is 3.99. The molecule has 0 aliphatic rings. The molecule has 0 spiro atoms. The van der Waals surface area contributed by atoms with E-state index in [4.69, 9.17) is 4.74 Å². The van der Waals surface area contributed by atoms with Gasteiger partial charge in [0.15, 0.2) is 0 Å². The summed E-state index contributed by atoms with van der Waals surface area (Å²) in [4.78, 5) is 12.7. The minimum Gasteiger partial charge on any atom is -0.496 e. The molecule has 7 heteroatoms. The Bertz CT molecular complexity index is 1080. The summed E-state index contributed by atoms with van der Waals surface area (Å²) in [6.45, 7) is 1.87. The minimum atomic E-state index is -3.67. The zero-order valence-corrected chi connectivity index (χ0v) is 16.9. The molecule has 0 radical (unpaired) electrons. The molecule has 0 unspecified atom stereocenters. The summed E-state index contributed by atoms with van der Waals surface area (Å²) in [5.74, 6) is 0.437. The first-order valence-corrected chi connectivity index (χ1v) is 10.5. The minimum absolute atomic E-state index is 0.174. The number of methoxy groups -OCH3 is 1. The van der Waals surface area contributed by atoms with Crippen LogP contribution in [0.5, 0.6) is 5.75 Å². The Morgan fingerprint density at radius 1 is 0.897 bits per heavy atom. The lowest BCUT2D eigenvalue weighted by Crippen LogP contribution is -2.26. The van der Waals surface area contributed by atoms with E-state index >= 15 is 0 Å². The summed E-state index contributed by atoms with van der Waals surface area (Å²) in [7, 11) is -2.09. The van der Waals surface area contributed by atoms with E-state index in [0.29, 0.717) is 17.0 Å². The molecule has 0 saturated heterocycles. The van der Waals surface area contributed by atoms with Crippen LogP contribution in [0.25, 0.3) is 0 Å². The van der Waals surface area contributed by atoms with Gasteiger partial charge in [0.2, 0.25) is 0 Å². The molecule has 0 heterocycles. The SMILES string of the molecule is COc1ccccc1[C@H](C)NC(=O)c1ccc(NS(=O)(=O)c2ccccc2)cc1. The summed E-state index contributed by atoms with van der Waals surface area (Å²) < 4.78 is 32.6. The van der Waals surface area contributed by atoms with Crippen molar-refractivity contribution >= 4 is 21.6 Å². The first kappa shape index (κ1) is 20.4. The van der Waals surface area contributed by atoms with Crippen molar-refractivity contribution < 1.29 is 17.9 Å². The van der Waals surface area contributed by atoms with Crippen molar-refractivity contribution in [2.75, 3.05) is 11.8 Å². The Balaban J connectivity index is 1.69. The number of para-hydroxylation sites is 1. The molecule has 0 saturated carbocycles. The summed E-state index contributed by atoms with van der Waals surface area (Å²) in [6.07, 6.45) is 0. The lowest BCUT2D eigenvalue weighted by atomic mass is 10.1. The first-order chi connectivity index (χ1) is 13.9. The van der Waals surface area contributed by atoms with Crippen molar-refractivity contribution in [2.45, 2.75) is 17.9 Å². The topological polar surface area (TPSA) is 84.5 Å². The Morgan fingerprint density at radius 3 is 2.17 bits per heavy atom. The number of hydrogen-bond donors (Lipinski definition) is 2. The molecule has 0 fully saturated rings. The Morgan fingerprint density at radius 2 is 1.52 bits per heavy atom. The first-order valence-electron chi connectivity index (χ1n) is 9.02. The number of amides is 1. The third kappa shape index (κ3) is 4.94. The molecule has 3 rings (SSSR count). The normalized spacial score (nSPS) is 12.1. The lowest BCUT2D eigenvalue weighted by molar-refractivity contribution is 0.0939. The standard InChI is InChI=1S/C22H22N2O4S/c1-16(20-10-6-7-11-21(20)28-2)23-22(25)17-12-14-18(15-13-17)24-29(26,27)19-8-4-3-5-9-19/h3-16,24H,1-2H3,(H,23,25)/t16-/m0/s1. The van der Waals surface area contributed by atoms with Gasteiger partial charge in [-0.3, -0.25) is 9.52 Å². The van der Waals surface area contributed by atoms with Gasteiger partial charge in [0, 0.05) is 16.8 Å². The average Bonchev–Trinajstić information content (AvgIpc) is 2.74. The zero-order valence-electron chi connectivity index (χ0n) is 16.1. The molecule has 150 valence electrons. The molecule has 1 atom stereocenters. The maximum Gasteiger partial charge on any atom is 0.261 e. The lowest BCUT2D eigenvalue weighted by Gasteiger charge is -2.17. The van der Waals surface area contributed by atoms with Crippen molar-refractivity contribution in [3.05, 3.63) is 90.0 Å². The van der Waals surface area contributed by atoms with Gasteiger partial charge >= 0.3 is 0 Å². The number of benzene rings is 3. The second-order valence-electron chi connectivity index (χ2n) is 6.43. The van der Waals surface area contributed by atoms with Crippen molar-refractivity contribution in [1.82, 2.24) is 5.32 Å². The van der Waals surface area contributed by atoms with Crippen LogP contribution in [0.3, 0.4) is 0 Å². The van der Waals surface area contributed by atoms with Crippen LogP contribution in [-0.2, 0) is 10.0 Å². The van der Waals surface area contributed by atoms with Crippen LogP contribution in [0.15, 0.2) is 83.8 Å². The van der Waals surface area contributed by atoms with Gasteiger partial charge < -0.3 is 10.1 Å². The molecular weight excluding hydrogens is 388 g/mol. The van der Waals surface area contributed by atoms with E-state index in [2.05, 4.69) is 10.0 Å². The van der Waals surface area contributed by atoms with Gasteiger partial charge in [-0.1, -0.05) is 36.4 Å². The van der Waals surface area contributed by atoms with E-state index < -0.39 is 10.0 Å². The van der Waals surface area contributed by atoms with Crippen LogP contribution in [0.4, 0.5) is 5.69 Å². The zero-order chi connectivity index (χ0) is 20.9. The fraction of sp³-hybridized carbons (Fsp3) is 0.136. The van der Waals surface area contributed by atoms with Crippen molar-refractivity contribution in [3.63, 3.8) is 0 Å². The highest BCUT2D eigenvalue weighted by Crippen LogP contribution is 2.24. The summed E-state index contributed by atoms with van der Waals surface area (Å²) in [5, 5.41) is 2.92. The highest BCUT2D eigenvalue weighted by molar-refractivity contribution is 7.92. The molecule has 1 amide bonds. The molecule has 3 aromatic carbocycles. The van der Waals surface area contributed by atoms with Gasteiger partial charge in [-0.25, -0.2) is 8.42 Å². The number of hydrogen-bond acceptors (Lipinski definition) is 4. The molecule has 0 bridgehead atoms. The van der Waals surface area contributed by atoms with Gasteiger partial charge in [0.1, 0.15) is 5.75 Å². The fourth-order valence-corrected chi connectivity index (χ4v) is 3.96. The largest absolute Gasteiger partial charge is 0.496 e. The number of ether oxygens (including phenoxy) is 1. The molecule has 0 aromatic heterocycles. The number of carbonyl (C=O) groups is 1. The van der Waals surface area contributed by atoms with Crippen LogP contribution in [0.2, 0.25) is 0 Å².